The molecule has 118 valence electrons. The molecule has 1 saturated heterocycles. The van der Waals surface area contributed by atoms with Crippen LogP contribution in [0.1, 0.15) is 64.5 Å². The number of hydrogen-bond donors (Lipinski definition) is 1. The number of nitrogens with two attached hydrogens (primary N) is 1. The highest BCUT2D eigenvalue weighted by Gasteiger charge is 2.35. The van der Waals surface area contributed by atoms with E-state index in [2.05, 4.69) is 36.7 Å². The highest BCUT2D eigenvalue weighted by Crippen LogP contribution is 2.40. The van der Waals surface area contributed by atoms with Gasteiger partial charge in [-0.15, -0.1) is 0 Å². The van der Waals surface area contributed by atoms with E-state index in [9.17, 15) is 0 Å². The van der Waals surface area contributed by atoms with Crippen molar-refractivity contribution < 1.29 is 0 Å². The molecular weight excluding hydrogens is 258 g/mol. The molecule has 0 saturated carbocycles. The summed E-state index contributed by atoms with van der Waals surface area (Å²) in [6, 6.07) is 4.70. The summed E-state index contributed by atoms with van der Waals surface area (Å²) >= 11 is 0. The summed E-state index contributed by atoms with van der Waals surface area (Å²) in [6.45, 7) is 9.19. The summed E-state index contributed by atoms with van der Waals surface area (Å²) in [5, 5.41) is 0. The predicted molar refractivity (Wildman–Crippen MR) is 89.1 cm³/mol. The summed E-state index contributed by atoms with van der Waals surface area (Å²) in [6.07, 6.45) is 10.0. The summed E-state index contributed by atoms with van der Waals surface area (Å²) in [5.41, 5.74) is 8.28. The smallest absolute Gasteiger partial charge is 0.0514 e. The van der Waals surface area contributed by atoms with Gasteiger partial charge in [0.05, 0.1) is 6.04 Å². The van der Waals surface area contributed by atoms with Gasteiger partial charge in [-0.1, -0.05) is 39.7 Å². The van der Waals surface area contributed by atoms with Gasteiger partial charge in [0, 0.05) is 18.4 Å². The number of piperidine rings is 1. The molecule has 0 spiro atoms. The minimum absolute atomic E-state index is 0.185. The Morgan fingerprint density at radius 2 is 1.90 bits per heavy atom. The van der Waals surface area contributed by atoms with Gasteiger partial charge in [-0.2, -0.15) is 0 Å². The van der Waals surface area contributed by atoms with E-state index in [-0.39, 0.29) is 6.04 Å². The number of pyridine rings is 1. The Hall–Kier alpha value is -0.930. The van der Waals surface area contributed by atoms with Crippen LogP contribution in [0.4, 0.5) is 0 Å². The minimum atomic E-state index is 0.185. The standard InChI is InChI=1S/C18H31N3/c1-4-16(19)17(15-8-7-11-20-14-15)21-12-9-18(5-2,6-3)10-13-21/h7-8,11,14,16-17H,4-6,9-10,12-13,19H2,1-3H3. The van der Waals surface area contributed by atoms with Crippen LogP contribution in [-0.4, -0.2) is 29.0 Å². The van der Waals surface area contributed by atoms with Crippen molar-refractivity contribution in [2.45, 2.75) is 65.0 Å². The SMILES string of the molecule is CCC(N)C(c1cccnc1)N1CCC(CC)(CC)CC1. The van der Waals surface area contributed by atoms with Gasteiger partial charge in [-0.05, 0) is 49.4 Å². The topological polar surface area (TPSA) is 42.1 Å². The van der Waals surface area contributed by atoms with Gasteiger partial charge in [-0.3, -0.25) is 9.88 Å². The third kappa shape index (κ3) is 3.64. The molecule has 1 aliphatic rings. The fourth-order valence-electron chi connectivity index (χ4n) is 3.74. The molecule has 1 aromatic heterocycles. The highest BCUT2D eigenvalue weighted by atomic mass is 15.2. The summed E-state index contributed by atoms with van der Waals surface area (Å²) in [4.78, 5) is 6.89. The largest absolute Gasteiger partial charge is 0.326 e. The summed E-state index contributed by atoms with van der Waals surface area (Å²) in [7, 11) is 0. The van der Waals surface area contributed by atoms with Crippen LogP contribution in [0.15, 0.2) is 24.5 Å². The molecule has 21 heavy (non-hydrogen) atoms. The van der Waals surface area contributed by atoms with Crippen molar-refractivity contribution in [3.05, 3.63) is 30.1 Å². The summed E-state index contributed by atoms with van der Waals surface area (Å²) in [5.74, 6) is 0. The Morgan fingerprint density at radius 3 is 2.38 bits per heavy atom. The van der Waals surface area contributed by atoms with Gasteiger partial charge in [0.25, 0.3) is 0 Å². The van der Waals surface area contributed by atoms with Crippen LogP contribution in [0.3, 0.4) is 0 Å². The van der Waals surface area contributed by atoms with E-state index in [1.807, 2.05) is 18.5 Å². The zero-order chi connectivity index (χ0) is 15.3. The van der Waals surface area contributed by atoms with E-state index < -0.39 is 0 Å². The lowest BCUT2D eigenvalue weighted by atomic mass is 9.73. The Bertz CT molecular complexity index is 404. The molecule has 0 bridgehead atoms. The second kappa shape index (κ2) is 7.37. The molecule has 0 aromatic carbocycles. The highest BCUT2D eigenvalue weighted by molar-refractivity contribution is 5.16. The molecule has 0 radical (unpaired) electrons. The molecular formula is C18H31N3. The van der Waals surface area contributed by atoms with Crippen molar-refractivity contribution in [3.8, 4) is 0 Å². The molecule has 1 fully saturated rings. The first kappa shape index (κ1) is 16.4. The minimum Gasteiger partial charge on any atom is -0.326 e. The van der Waals surface area contributed by atoms with Crippen LogP contribution < -0.4 is 5.73 Å². The van der Waals surface area contributed by atoms with Crippen molar-refractivity contribution in [1.29, 1.82) is 0 Å². The molecule has 1 aliphatic heterocycles. The normalized spacial score (nSPS) is 21.9. The average molecular weight is 289 g/mol. The van der Waals surface area contributed by atoms with E-state index >= 15 is 0 Å². The average Bonchev–Trinajstić information content (AvgIpc) is 2.56. The molecule has 0 aliphatic carbocycles. The maximum absolute atomic E-state index is 6.44. The Balaban J connectivity index is 2.13. The first-order chi connectivity index (χ1) is 10.2. The molecule has 2 rings (SSSR count). The Labute approximate surface area is 129 Å². The van der Waals surface area contributed by atoms with E-state index in [1.165, 1.54) is 31.2 Å². The molecule has 3 heteroatoms. The van der Waals surface area contributed by atoms with E-state index in [1.54, 1.807) is 0 Å². The van der Waals surface area contributed by atoms with Crippen molar-refractivity contribution in [1.82, 2.24) is 9.88 Å². The molecule has 2 atom stereocenters. The van der Waals surface area contributed by atoms with Gasteiger partial charge in [0.2, 0.25) is 0 Å². The van der Waals surface area contributed by atoms with Crippen molar-refractivity contribution in [2.75, 3.05) is 13.1 Å². The Morgan fingerprint density at radius 1 is 1.24 bits per heavy atom. The van der Waals surface area contributed by atoms with Crippen LogP contribution in [0.25, 0.3) is 0 Å². The van der Waals surface area contributed by atoms with E-state index in [0.717, 1.165) is 19.5 Å². The van der Waals surface area contributed by atoms with Crippen LogP contribution in [0.5, 0.6) is 0 Å². The van der Waals surface area contributed by atoms with Crippen LogP contribution in [-0.2, 0) is 0 Å². The van der Waals surface area contributed by atoms with Crippen molar-refractivity contribution in [2.24, 2.45) is 11.1 Å². The molecule has 0 amide bonds. The third-order valence-corrected chi connectivity index (χ3v) is 5.65. The van der Waals surface area contributed by atoms with Crippen LogP contribution >= 0.6 is 0 Å². The van der Waals surface area contributed by atoms with Crippen LogP contribution in [0.2, 0.25) is 0 Å². The van der Waals surface area contributed by atoms with Crippen molar-refractivity contribution >= 4 is 0 Å². The number of rotatable bonds is 6. The second-order valence-electron chi connectivity index (χ2n) is 6.55. The van der Waals surface area contributed by atoms with Gasteiger partial charge in [0.1, 0.15) is 0 Å². The van der Waals surface area contributed by atoms with E-state index in [4.69, 9.17) is 5.73 Å². The molecule has 3 nitrogen and oxygen atoms in total. The molecule has 1 aromatic rings. The fourth-order valence-corrected chi connectivity index (χ4v) is 3.74. The molecule has 2 unspecified atom stereocenters. The van der Waals surface area contributed by atoms with Crippen molar-refractivity contribution in [3.63, 3.8) is 0 Å². The number of nitrogens with zero attached hydrogens (tertiary/aromatic N) is 2. The quantitative estimate of drug-likeness (QED) is 0.867. The Kier molecular flexibility index (Phi) is 5.77. The van der Waals surface area contributed by atoms with Gasteiger partial charge in [0.15, 0.2) is 0 Å². The lowest BCUT2D eigenvalue weighted by molar-refractivity contribution is 0.0561. The number of hydrogen-bond acceptors (Lipinski definition) is 3. The number of likely N-dealkylation sites (tertiary alicyclic amines) is 1. The molecule has 2 heterocycles. The monoisotopic (exact) mass is 289 g/mol. The number of aromatic nitrogens is 1. The summed E-state index contributed by atoms with van der Waals surface area (Å²) < 4.78 is 0. The van der Waals surface area contributed by atoms with Crippen LogP contribution in [0, 0.1) is 5.41 Å². The van der Waals surface area contributed by atoms with Gasteiger partial charge in [-0.25, -0.2) is 0 Å². The first-order valence-electron chi connectivity index (χ1n) is 8.55. The fraction of sp³-hybridized carbons (Fsp3) is 0.722. The van der Waals surface area contributed by atoms with Gasteiger partial charge < -0.3 is 5.73 Å². The zero-order valence-electron chi connectivity index (χ0n) is 13.9. The molecule has 2 N–H and O–H groups in total. The lowest BCUT2D eigenvalue weighted by Crippen LogP contribution is -2.47. The van der Waals surface area contributed by atoms with E-state index in [0.29, 0.717) is 11.5 Å². The maximum atomic E-state index is 6.44. The predicted octanol–water partition coefficient (Wildman–Crippen LogP) is 3.76. The zero-order valence-corrected chi connectivity index (χ0v) is 13.9. The lowest BCUT2D eigenvalue weighted by Gasteiger charge is -2.45. The first-order valence-corrected chi connectivity index (χ1v) is 8.55. The second-order valence-corrected chi connectivity index (χ2v) is 6.55. The van der Waals surface area contributed by atoms with Gasteiger partial charge >= 0.3 is 0 Å². The maximum Gasteiger partial charge on any atom is 0.0514 e. The third-order valence-electron chi connectivity index (χ3n) is 5.65.